The number of nitrogens with zero attached hydrogens (tertiary/aromatic N) is 5. The zero-order valence-corrected chi connectivity index (χ0v) is 17.8. The first-order chi connectivity index (χ1) is 14.4. The summed E-state index contributed by atoms with van der Waals surface area (Å²) < 4.78 is 27.4. The van der Waals surface area contributed by atoms with Gasteiger partial charge in [0.2, 0.25) is 10.0 Å². The molecule has 30 heavy (non-hydrogen) atoms. The van der Waals surface area contributed by atoms with Crippen molar-refractivity contribution in [2.24, 2.45) is 0 Å². The van der Waals surface area contributed by atoms with Gasteiger partial charge >= 0.3 is 0 Å². The lowest BCUT2D eigenvalue weighted by Gasteiger charge is -2.36. The van der Waals surface area contributed by atoms with Gasteiger partial charge in [0, 0.05) is 56.4 Å². The quantitative estimate of drug-likeness (QED) is 0.622. The molecule has 0 saturated carbocycles. The Morgan fingerprint density at radius 2 is 1.87 bits per heavy atom. The lowest BCUT2D eigenvalue weighted by atomic mass is 10.2. The highest BCUT2D eigenvalue weighted by atomic mass is 32.2. The summed E-state index contributed by atoms with van der Waals surface area (Å²) in [7, 11) is -3.27. The first-order valence-corrected chi connectivity index (χ1v) is 11.8. The van der Waals surface area contributed by atoms with E-state index < -0.39 is 10.0 Å². The van der Waals surface area contributed by atoms with Gasteiger partial charge < -0.3 is 4.90 Å². The molecule has 0 radical (unpaired) electrons. The average Bonchev–Trinajstić information content (AvgIpc) is 3.15. The number of rotatable bonds is 7. The van der Waals surface area contributed by atoms with E-state index in [-0.39, 0.29) is 0 Å². The van der Waals surface area contributed by atoms with Crippen molar-refractivity contribution in [3.8, 4) is 0 Å². The standard InChI is InChI=1S/C21H26N6O2S/c1-30(28,29)24-19-6-4-7-21(13-19)26-11-9-25(10-12-26)15-18-14-23-27(16-18)17-20-5-2-3-8-22-20/h2-8,13-14,16,24H,9-12,15,17H2,1H3. The largest absolute Gasteiger partial charge is 0.369 e. The maximum atomic E-state index is 11.5. The van der Waals surface area contributed by atoms with Crippen LogP contribution >= 0.6 is 0 Å². The summed E-state index contributed by atoms with van der Waals surface area (Å²) in [5.41, 5.74) is 3.82. The van der Waals surface area contributed by atoms with Crippen molar-refractivity contribution in [2.45, 2.75) is 13.1 Å². The van der Waals surface area contributed by atoms with Crippen LogP contribution in [-0.4, -0.2) is 60.5 Å². The molecule has 0 spiro atoms. The number of aromatic nitrogens is 3. The normalized spacial score (nSPS) is 15.3. The molecule has 158 valence electrons. The highest BCUT2D eigenvalue weighted by Crippen LogP contribution is 2.22. The lowest BCUT2D eigenvalue weighted by molar-refractivity contribution is 0.250. The van der Waals surface area contributed by atoms with E-state index in [0.717, 1.165) is 50.4 Å². The monoisotopic (exact) mass is 426 g/mol. The van der Waals surface area contributed by atoms with Gasteiger partial charge in [0.15, 0.2) is 0 Å². The number of piperazine rings is 1. The molecule has 9 heteroatoms. The topological polar surface area (TPSA) is 83.4 Å². The predicted octanol–water partition coefficient (Wildman–Crippen LogP) is 2.02. The molecule has 1 N–H and O–H groups in total. The van der Waals surface area contributed by atoms with Crippen LogP contribution in [0.5, 0.6) is 0 Å². The van der Waals surface area contributed by atoms with Crippen LogP contribution in [0.15, 0.2) is 61.1 Å². The Morgan fingerprint density at radius 3 is 2.60 bits per heavy atom. The summed E-state index contributed by atoms with van der Waals surface area (Å²) in [6.45, 7) is 5.21. The van der Waals surface area contributed by atoms with Gasteiger partial charge in [0.05, 0.1) is 30.4 Å². The van der Waals surface area contributed by atoms with Crippen molar-refractivity contribution in [3.63, 3.8) is 0 Å². The molecule has 4 rings (SSSR count). The first-order valence-electron chi connectivity index (χ1n) is 9.91. The van der Waals surface area contributed by atoms with Gasteiger partial charge in [-0.15, -0.1) is 0 Å². The van der Waals surface area contributed by atoms with Crippen LogP contribution in [0.2, 0.25) is 0 Å². The summed E-state index contributed by atoms with van der Waals surface area (Å²) in [5, 5.41) is 4.46. The summed E-state index contributed by atoms with van der Waals surface area (Å²) >= 11 is 0. The molecular weight excluding hydrogens is 400 g/mol. The van der Waals surface area contributed by atoms with Crippen molar-refractivity contribution in [2.75, 3.05) is 42.1 Å². The number of benzene rings is 1. The number of nitrogens with one attached hydrogen (secondary N) is 1. The van der Waals surface area contributed by atoms with E-state index in [4.69, 9.17) is 0 Å². The molecule has 1 aliphatic rings. The van der Waals surface area contributed by atoms with Crippen molar-refractivity contribution >= 4 is 21.4 Å². The van der Waals surface area contributed by atoms with E-state index in [2.05, 4.69) is 30.8 Å². The number of pyridine rings is 1. The van der Waals surface area contributed by atoms with Crippen LogP contribution < -0.4 is 9.62 Å². The minimum atomic E-state index is -3.27. The van der Waals surface area contributed by atoms with Gasteiger partial charge in [-0.2, -0.15) is 5.10 Å². The fourth-order valence-corrected chi connectivity index (χ4v) is 4.19. The van der Waals surface area contributed by atoms with Gasteiger partial charge in [-0.05, 0) is 30.3 Å². The minimum Gasteiger partial charge on any atom is -0.369 e. The summed E-state index contributed by atoms with van der Waals surface area (Å²) in [6, 6.07) is 13.5. The molecule has 8 nitrogen and oxygen atoms in total. The van der Waals surface area contributed by atoms with Crippen LogP contribution in [0, 0.1) is 0 Å². The Hall–Kier alpha value is -2.91. The molecule has 0 atom stereocenters. The summed E-state index contributed by atoms with van der Waals surface area (Å²) in [6.07, 6.45) is 6.97. The Morgan fingerprint density at radius 1 is 1.03 bits per heavy atom. The van der Waals surface area contributed by atoms with Crippen molar-refractivity contribution in [1.29, 1.82) is 0 Å². The van der Waals surface area contributed by atoms with Crippen LogP contribution in [0.4, 0.5) is 11.4 Å². The smallest absolute Gasteiger partial charge is 0.229 e. The molecule has 1 aliphatic heterocycles. The number of sulfonamides is 1. The summed E-state index contributed by atoms with van der Waals surface area (Å²) in [4.78, 5) is 9.05. The Kier molecular flexibility index (Phi) is 6.01. The maximum Gasteiger partial charge on any atom is 0.229 e. The third-order valence-corrected chi connectivity index (χ3v) is 5.64. The second-order valence-corrected chi connectivity index (χ2v) is 9.30. The van der Waals surface area contributed by atoms with Crippen LogP contribution in [-0.2, 0) is 23.1 Å². The Labute approximate surface area is 177 Å². The third-order valence-electron chi connectivity index (χ3n) is 5.03. The van der Waals surface area contributed by atoms with E-state index in [1.165, 1.54) is 5.56 Å². The molecule has 3 aromatic rings. The van der Waals surface area contributed by atoms with E-state index in [1.54, 1.807) is 12.3 Å². The van der Waals surface area contributed by atoms with Gasteiger partial charge in [-0.1, -0.05) is 12.1 Å². The van der Waals surface area contributed by atoms with E-state index in [1.807, 2.05) is 47.3 Å². The molecule has 1 saturated heterocycles. The maximum absolute atomic E-state index is 11.5. The highest BCUT2D eigenvalue weighted by Gasteiger charge is 2.18. The number of hydrogen-bond acceptors (Lipinski definition) is 6. The molecular formula is C21H26N6O2S. The minimum absolute atomic E-state index is 0.595. The molecule has 0 bridgehead atoms. The predicted molar refractivity (Wildman–Crippen MR) is 118 cm³/mol. The molecule has 3 heterocycles. The Balaban J connectivity index is 1.31. The van der Waals surface area contributed by atoms with Crippen molar-refractivity contribution in [3.05, 3.63) is 72.3 Å². The summed E-state index contributed by atoms with van der Waals surface area (Å²) in [5.74, 6) is 0. The van der Waals surface area contributed by atoms with Crippen molar-refractivity contribution < 1.29 is 8.42 Å². The molecule has 1 fully saturated rings. The molecule has 1 aromatic carbocycles. The van der Waals surface area contributed by atoms with Crippen LogP contribution in [0.1, 0.15) is 11.3 Å². The van der Waals surface area contributed by atoms with E-state index in [9.17, 15) is 8.42 Å². The average molecular weight is 427 g/mol. The highest BCUT2D eigenvalue weighted by molar-refractivity contribution is 7.92. The van der Waals surface area contributed by atoms with Gasteiger partial charge in [-0.25, -0.2) is 8.42 Å². The van der Waals surface area contributed by atoms with Crippen LogP contribution in [0.25, 0.3) is 0 Å². The number of anilines is 2. The zero-order valence-electron chi connectivity index (χ0n) is 17.0. The Bertz CT molecular complexity index is 1080. The first kappa shape index (κ1) is 20.4. The third kappa shape index (κ3) is 5.58. The van der Waals surface area contributed by atoms with E-state index in [0.29, 0.717) is 12.2 Å². The molecule has 0 amide bonds. The lowest BCUT2D eigenvalue weighted by Crippen LogP contribution is -2.45. The molecule has 2 aromatic heterocycles. The zero-order chi connectivity index (χ0) is 21.0. The fourth-order valence-electron chi connectivity index (χ4n) is 3.63. The van der Waals surface area contributed by atoms with E-state index >= 15 is 0 Å². The molecule has 0 unspecified atom stereocenters. The SMILES string of the molecule is CS(=O)(=O)Nc1cccc(N2CCN(Cc3cnn(Cc4ccccn4)c3)CC2)c1. The number of hydrogen-bond donors (Lipinski definition) is 1. The second kappa shape index (κ2) is 8.85. The van der Waals surface area contributed by atoms with Gasteiger partial charge in [0.25, 0.3) is 0 Å². The molecule has 0 aliphatic carbocycles. The second-order valence-electron chi connectivity index (χ2n) is 7.55. The fraction of sp³-hybridized carbons (Fsp3) is 0.333. The van der Waals surface area contributed by atoms with Crippen molar-refractivity contribution in [1.82, 2.24) is 19.7 Å². The van der Waals surface area contributed by atoms with Crippen LogP contribution in [0.3, 0.4) is 0 Å². The van der Waals surface area contributed by atoms with Gasteiger partial charge in [0.1, 0.15) is 0 Å². The van der Waals surface area contributed by atoms with Gasteiger partial charge in [-0.3, -0.25) is 19.3 Å².